The third-order valence-corrected chi connectivity index (χ3v) is 5.74. The number of ether oxygens (including phenoxy) is 3. The van der Waals surface area contributed by atoms with Crippen LogP contribution < -0.4 is 19.5 Å². The van der Waals surface area contributed by atoms with Gasteiger partial charge in [0.15, 0.2) is 5.82 Å². The summed E-state index contributed by atoms with van der Waals surface area (Å²) in [5.74, 6) is 4.35. The molecule has 1 aromatic carbocycles. The van der Waals surface area contributed by atoms with Crippen molar-refractivity contribution in [2.45, 2.75) is 52.7 Å². The molecule has 3 rings (SSSR count). The molecule has 9 heteroatoms. The zero-order chi connectivity index (χ0) is 23.3. The van der Waals surface area contributed by atoms with E-state index in [2.05, 4.69) is 38.8 Å². The smallest absolute Gasteiger partial charge is 0.217 e. The van der Waals surface area contributed by atoms with Gasteiger partial charge in [0.2, 0.25) is 5.91 Å². The SMILES string of the molecule is COc1cc(OC)c(CN2CCc3nnc(C(CC(C)C)NC(C)=O)n3CC2)c(OC)c1. The summed E-state index contributed by atoms with van der Waals surface area (Å²) in [6.45, 7) is 8.94. The second-order valence-electron chi connectivity index (χ2n) is 8.55. The first kappa shape index (κ1) is 23.8. The average Bonchev–Trinajstić information content (AvgIpc) is 3.06. The second kappa shape index (κ2) is 10.7. The number of methoxy groups -OCH3 is 3. The lowest BCUT2D eigenvalue weighted by molar-refractivity contribution is -0.119. The van der Waals surface area contributed by atoms with E-state index in [1.165, 1.54) is 0 Å². The Morgan fingerprint density at radius 3 is 2.31 bits per heavy atom. The molecule has 32 heavy (non-hydrogen) atoms. The maximum absolute atomic E-state index is 11.8. The van der Waals surface area contributed by atoms with Crippen molar-refractivity contribution in [1.82, 2.24) is 25.0 Å². The van der Waals surface area contributed by atoms with Crippen molar-refractivity contribution in [3.63, 3.8) is 0 Å². The first-order chi connectivity index (χ1) is 15.4. The molecule has 2 heterocycles. The highest BCUT2D eigenvalue weighted by molar-refractivity contribution is 5.73. The van der Waals surface area contributed by atoms with Crippen molar-refractivity contribution >= 4 is 5.91 Å². The van der Waals surface area contributed by atoms with Crippen LogP contribution in [-0.4, -0.2) is 60.0 Å². The van der Waals surface area contributed by atoms with Crippen molar-refractivity contribution < 1.29 is 19.0 Å². The minimum absolute atomic E-state index is 0.0538. The van der Waals surface area contributed by atoms with E-state index in [0.717, 1.165) is 61.2 Å². The summed E-state index contributed by atoms with van der Waals surface area (Å²) < 4.78 is 18.8. The average molecular weight is 446 g/mol. The van der Waals surface area contributed by atoms with E-state index in [1.54, 1.807) is 28.3 Å². The molecule has 0 aliphatic carbocycles. The Balaban J connectivity index is 1.80. The van der Waals surface area contributed by atoms with Crippen molar-refractivity contribution in [3.05, 3.63) is 29.3 Å². The van der Waals surface area contributed by atoms with Gasteiger partial charge in [0, 0.05) is 51.7 Å². The normalized spacial score (nSPS) is 15.1. The summed E-state index contributed by atoms with van der Waals surface area (Å²) >= 11 is 0. The third-order valence-electron chi connectivity index (χ3n) is 5.74. The lowest BCUT2D eigenvalue weighted by Crippen LogP contribution is -2.31. The van der Waals surface area contributed by atoms with Gasteiger partial charge < -0.3 is 24.1 Å². The van der Waals surface area contributed by atoms with Gasteiger partial charge in [0.25, 0.3) is 0 Å². The van der Waals surface area contributed by atoms with Gasteiger partial charge in [-0.15, -0.1) is 10.2 Å². The predicted octanol–water partition coefficient (Wildman–Crippen LogP) is 2.59. The number of nitrogens with zero attached hydrogens (tertiary/aromatic N) is 4. The third kappa shape index (κ3) is 5.51. The van der Waals surface area contributed by atoms with Crippen LogP contribution in [0, 0.1) is 5.92 Å². The molecule has 2 aromatic rings. The summed E-state index contributed by atoms with van der Waals surface area (Å²) in [4.78, 5) is 14.1. The van der Waals surface area contributed by atoms with Crippen molar-refractivity contribution in [3.8, 4) is 17.2 Å². The number of fused-ring (bicyclic) bond motifs is 1. The molecule has 1 atom stereocenters. The molecule has 9 nitrogen and oxygen atoms in total. The molecular formula is C23H35N5O4. The Kier molecular flexibility index (Phi) is 7.95. The highest BCUT2D eigenvalue weighted by Crippen LogP contribution is 2.35. The van der Waals surface area contributed by atoms with Gasteiger partial charge in [-0.05, 0) is 12.3 Å². The molecule has 1 amide bonds. The van der Waals surface area contributed by atoms with E-state index in [1.807, 2.05) is 12.1 Å². The highest BCUT2D eigenvalue weighted by Gasteiger charge is 2.26. The van der Waals surface area contributed by atoms with Gasteiger partial charge in [-0.1, -0.05) is 13.8 Å². The Labute approximate surface area is 190 Å². The summed E-state index contributed by atoms with van der Waals surface area (Å²) in [7, 11) is 4.94. The quantitative estimate of drug-likeness (QED) is 0.634. The largest absolute Gasteiger partial charge is 0.496 e. The van der Waals surface area contributed by atoms with E-state index >= 15 is 0 Å². The summed E-state index contributed by atoms with van der Waals surface area (Å²) in [6, 6.07) is 3.63. The van der Waals surface area contributed by atoms with Crippen LogP contribution in [0.2, 0.25) is 0 Å². The number of rotatable bonds is 9. The Morgan fingerprint density at radius 1 is 1.06 bits per heavy atom. The zero-order valence-electron chi connectivity index (χ0n) is 20.0. The topological polar surface area (TPSA) is 90.7 Å². The van der Waals surface area contributed by atoms with Gasteiger partial charge in [0.1, 0.15) is 23.1 Å². The highest BCUT2D eigenvalue weighted by atomic mass is 16.5. The monoisotopic (exact) mass is 445 g/mol. The number of carbonyl (C=O) groups excluding carboxylic acids is 1. The second-order valence-corrected chi connectivity index (χ2v) is 8.55. The van der Waals surface area contributed by atoms with E-state index in [0.29, 0.717) is 18.2 Å². The molecule has 0 saturated carbocycles. The van der Waals surface area contributed by atoms with E-state index in [9.17, 15) is 4.79 Å². The molecular weight excluding hydrogens is 410 g/mol. The first-order valence-electron chi connectivity index (χ1n) is 11.1. The van der Waals surface area contributed by atoms with Crippen LogP contribution in [0.3, 0.4) is 0 Å². The minimum atomic E-state index is -0.137. The number of aromatic nitrogens is 3. The van der Waals surface area contributed by atoms with Crippen LogP contribution in [0.1, 0.15) is 50.4 Å². The molecule has 176 valence electrons. The molecule has 0 spiro atoms. The lowest BCUT2D eigenvalue weighted by atomic mass is 10.0. The number of hydrogen-bond acceptors (Lipinski definition) is 7. The van der Waals surface area contributed by atoms with Crippen LogP contribution >= 0.6 is 0 Å². The minimum Gasteiger partial charge on any atom is -0.496 e. The maximum Gasteiger partial charge on any atom is 0.217 e. The molecule has 0 fully saturated rings. The van der Waals surface area contributed by atoms with Gasteiger partial charge in [-0.2, -0.15) is 0 Å². The fraction of sp³-hybridized carbons (Fsp3) is 0.609. The van der Waals surface area contributed by atoms with Crippen LogP contribution in [0.4, 0.5) is 0 Å². The van der Waals surface area contributed by atoms with E-state index in [-0.39, 0.29) is 11.9 Å². The fourth-order valence-electron chi connectivity index (χ4n) is 4.21. The van der Waals surface area contributed by atoms with Crippen molar-refractivity contribution in [2.75, 3.05) is 34.4 Å². The summed E-state index contributed by atoms with van der Waals surface area (Å²) in [5.41, 5.74) is 0.990. The molecule has 1 unspecified atom stereocenters. The van der Waals surface area contributed by atoms with Crippen molar-refractivity contribution in [2.24, 2.45) is 5.92 Å². The fourth-order valence-corrected chi connectivity index (χ4v) is 4.21. The van der Waals surface area contributed by atoms with Crippen molar-refractivity contribution in [1.29, 1.82) is 0 Å². The van der Waals surface area contributed by atoms with Crippen LogP contribution in [0.5, 0.6) is 17.2 Å². The van der Waals surface area contributed by atoms with Gasteiger partial charge in [-0.3, -0.25) is 9.69 Å². The zero-order valence-corrected chi connectivity index (χ0v) is 20.0. The van der Waals surface area contributed by atoms with E-state index < -0.39 is 0 Å². The molecule has 0 saturated heterocycles. The van der Waals surface area contributed by atoms with Gasteiger partial charge >= 0.3 is 0 Å². The number of nitrogens with one attached hydrogen (secondary N) is 1. The molecule has 1 aromatic heterocycles. The molecule has 1 aliphatic rings. The Bertz CT molecular complexity index is 902. The number of hydrogen-bond donors (Lipinski definition) is 1. The maximum atomic E-state index is 11.8. The molecule has 1 aliphatic heterocycles. The Hall–Kier alpha value is -2.81. The first-order valence-corrected chi connectivity index (χ1v) is 11.1. The molecule has 0 radical (unpaired) electrons. The number of carbonyl (C=O) groups is 1. The molecule has 0 bridgehead atoms. The molecule has 1 N–H and O–H groups in total. The summed E-state index contributed by atoms with van der Waals surface area (Å²) in [5, 5.41) is 12.0. The predicted molar refractivity (Wildman–Crippen MR) is 121 cm³/mol. The summed E-state index contributed by atoms with van der Waals surface area (Å²) in [6.07, 6.45) is 1.60. The van der Waals surface area contributed by atoms with E-state index in [4.69, 9.17) is 14.2 Å². The van der Waals surface area contributed by atoms with Crippen LogP contribution in [-0.2, 0) is 24.3 Å². The standard InChI is InChI=1S/C23H35N5O4/c1-15(2)11-19(24-16(3)29)23-26-25-22-7-8-27(9-10-28(22)23)14-18-20(31-5)12-17(30-4)13-21(18)32-6/h12-13,15,19H,7-11,14H2,1-6H3,(H,24,29). The van der Waals surface area contributed by atoms with Gasteiger partial charge in [-0.25, -0.2) is 0 Å². The lowest BCUT2D eigenvalue weighted by Gasteiger charge is -2.23. The van der Waals surface area contributed by atoms with Gasteiger partial charge in [0.05, 0.1) is 32.9 Å². The van der Waals surface area contributed by atoms with Crippen LogP contribution in [0.15, 0.2) is 12.1 Å². The Morgan fingerprint density at radius 2 is 1.75 bits per heavy atom. The number of amides is 1. The number of benzene rings is 1. The van der Waals surface area contributed by atoms with Crippen LogP contribution in [0.25, 0.3) is 0 Å².